The van der Waals surface area contributed by atoms with E-state index in [2.05, 4.69) is 13.8 Å². The van der Waals surface area contributed by atoms with Crippen LogP contribution in [-0.4, -0.2) is 29.4 Å². The van der Waals surface area contributed by atoms with Crippen LogP contribution in [0.1, 0.15) is 74.7 Å². The Labute approximate surface area is 150 Å². The second kappa shape index (κ2) is 8.22. The fourth-order valence-corrected chi connectivity index (χ4v) is 4.26. The van der Waals surface area contributed by atoms with Gasteiger partial charge in [0.25, 0.3) is 0 Å². The van der Waals surface area contributed by atoms with Crippen molar-refractivity contribution >= 4 is 5.97 Å². The number of carbonyl (C=O) groups is 1. The van der Waals surface area contributed by atoms with Crippen molar-refractivity contribution in [2.45, 2.75) is 83.5 Å². The van der Waals surface area contributed by atoms with E-state index in [4.69, 9.17) is 9.47 Å². The Morgan fingerprint density at radius 2 is 1.92 bits per heavy atom. The summed E-state index contributed by atoms with van der Waals surface area (Å²) < 4.78 is 12.1. The number of rotatable bonds is 2. The third kappa shape index (κ3) is 4.55. The summed E-state index contributed by atoms with van der Waals surface area (Å²) in [7, 11) is 0. The van der Waals surface area contributed by atoms with Crippen molar-refractivity contribution < 1.29 is 19.4 Å². The fourth-order valence-electron chi connectivity index (χ4n) is 4.26. The van der Waals surface area contributed by atoms with E-state index in [1.54, 1.807) is 12.1 Å². The molecule has 2 bridgehead atoms. The molecule has 2 heterocycles. The summed E-state index contributed by atoms with van der Waals surface area (Å²) in [5.74, 6) is 0.305. The molecule has 1 saturated heterocycles. The van der Waals surface area contributed by atoms with E-state index in [1.165, 1.54) is 0 Å². The predicted octanol–water partition coefficient (Wildman–Crippen LogP) is 4.63. The number of phenols is 1. The molecule has 2 aliphatic heterocycles. The van der Waals surface area contributed by atoms with Gasteiger partial charge in [0.1, 0.15) is 17.4 Å². The molecule has 0 aliphatic carbocycles. The molecular weight excluding hydrogens is 316 g/mol. The van der Waals surface area contributed by atoms with Crippen molar-refractivity contribution in [1.29, 1.82) is 0 Å². The molecule has 4 atom stereocenters. The molecule has 0 spiro atoms. The van der Waals surface area contributed by atoms with Gasteiger partial charge >= 0.3 is 5.97 Å². The number of benzene rings is 1. The van der Waals surface area contributed by atoms with Gasteiger partial charge in [-0.1, -0.05) is 32.4 Å². The first-order valence-electron chi connectivity index (χ1n) is 9.74. The molecule has 0 radical (unpaired) electrons. The number of cyclic esters (lactones) is 1. The average molecular weight is 346 g/mol. The zero-order valence-electron chi connectivity index (χ0n) is 15.4. The van der Waals surface area contributed by atoms with Crippen LogP contribution in [0.25, 0.3) is 0 Å². The van der Waals surface area contributed by atoms with Gasteiger partial charge in [0.05, 0.1) is 12.2 Å². The van der Waals surface area contributed by atoms with Crippen molar-refractivity contribution in [3.63, 3.8) is 0 Å². The van der Waals surface area contributed by atoms with Gasteiger partial charge in [-0.25, -0.2) is 4.79 Å². The molecule has 138 valence electrons. The zero-order valence-corrected chi connectivity index (χ0v) is 15.4. The van der Waals surface area contributed by atoms with Gasteiger partial charge in [0, 0.05) is 0 Å². The van der Waals surface area contributed by atoms with Crippen LogP contribution in [0.5, 0.6) is 5.75 Å². The molecule has 0 amide bonds. The third-order valence-electron chi connectivity index (χ3n) is 5.48. The lowest BCUT2D eigenvalue weighted by Gasteiger charge is -2.35. The SMILES string of the molecule is CCCC1CC[C@H]2CC(C)CC(CCc3cccc(O)c3C(=O)O1)O2. The number of esters is 1. The fraction of sp³-hybridized carbons (Fsp3) is 0.667. The number of hydrogen-bond donors (Lipinski definition) is 1. The number of hydrogen-bond acceptors (Lipinski definition) is 4. The molecule has 0 aromatic heterocycles. The van der Waals surface area contributed by atoms with Crippen molar-refractivity contribution in [2.75, 3.05) is 0 Å². The minimum absolute atomic E-state index is 0.0191. The van der Waals surface area contributed by atoms with Crippen molar-refractivity contribution in [3.05, 3.63) is 29.3 Å². The first-order valence-corrected chi connectivity index (χ1v) is 9.74. The van der Waals surface area contributed by atoms with Crippen LogP contribution >= 0.6 is 0 Å². The van der Waals surface area contributed by atoms with Crippen LogP contribution < -0.4 is 0 Å². The normalized spacial score (nSPS) is 30.6. The topological polar surface area (TPSA) is 55.8 Å². The van der Waals surface area contributed by atoms with E-state index in [0.29, 0.717) is 11.5 Å². The molecule has 1 N–H and O–H groups in total. The summed E-state index contributed by atoms with van der Waals surface area (Å²) in [6.45, 7) is 4.41. The van der Waals surface area contributed by atoms with E-state index in [0.717, 1.165) is 56.9 Å². The molecule has 3 rings (SSSR count). The smallest absolute Gasteiger partial charge is 0.342 e. The van der Waals surface area contributed by atoms with Crippen LogP contribution in [0.15, 0.2) is 18.2 Å². The standard InChI is InChI=1S/C21H30O4/c1-3-5-16-10-11-18-13-14(2)12-17(24-18)9-8-15-6-4-7-19(22)20(15)21(23)25-16/h4,6-7,14,16-18,22H,3,5,8-13H2,1-2H3/t14?,16?,17?,18-/m0/s1. The van der Waals surface area contributed by atoms with Crippen molar-refractivity contribution in [1.82, 2.24) is 0 Å². The Kier molecular flexibility index (Phi) is 6.00. The first kappa shape index (κ1) is 18.2. The van der Waals surface area contributed by atoms with Gasteiger partial charge < -0.3 is 14.6 Å². The number of carbonyl (C=O) groups excluding carboxylic acids is 1. The summed E-state index contributed by atoms with van der Waals surface area (Å²) >= 11 is 0. The Balaban J connectivity index is 1.88. The van der Waals surface area contributed by atoms with E-state index in [-0.39, 0.29) is 30.0 Å². The molecular formula is C21H30O4. The zero-order chi connectivity index (χ0) is 17.8. The summed E-state index contributed by atoms with van der Waals surface area (Å²) in [6.07, 6.45) is 7.76. The van der Waals surface area contributed by atoms with E-state index in [9.17, 15) is 9.90 Å². The monoisotopic (exact) mass is 346 g/mol. The number of phenolic OH excluding ortho intramolecular Hbond substituents is 1. The minimum Gasteiger partial charge on any atom is -0.507 e. The van der Waals surface area contributed by atoms with Crippen LogP contribution in [-0.2, 0) is 15.9 Å². The largest absolute Gasteiger partial charge is 0.507 e. The van der Waals surface area contributed by atoms with Crippen LogP contribution in [0.2, 0.25) is 0 Å². The van der Waals surface area contributed by atoms with Gasteiger partial charge in [-0.15, -0.1) is 0 Å². The minimum atomic E-state index is -0.383. The van der Waals surface area contributed by atoms with Gasteiger partial charge in [-0.3, -0.25) is 0 Å². The molecule has 25 heavy (non-hydrogen) atoms. The highest BCUT2D eigenvalue weighted by Gasteiger charge is 2.30. The molecule has 1 fully saturated rings. The average Bonchev–Trinajstić information content (AvgIpc) is 2.56. The summed E-state index contributed by atoms with van der Waals surface area (Å²) in [4.78, 5) is 12.7. The lowest BCUT2D eigenvalue weighted by molar-refractivity contribution is -0.0789. The maximum atomic E-state index is 12.7. The van der Waals surface area contributed by atoms with Crippen molar-refractivity contribution in [3.8, 4) is 5.75 Å². The Hall–Kier alpha value is -1.55. The second-order valence-electron chi connectivity index (χ2n) is 7.70. The molecule has 1 aromatic carbocycles. The maximum Gasteiger partial charge on any atom is 0.342 e. The molecule has 1 aromatic rings. The molecule has 2 aliphatic rings. The number of aryl methyl sites for hydroxylation is 1. The Bertz CT molecular complexity index is 598. The Morgan fingerprint density at radius 3 is 2.68 bits per heavy atom. The number of fused-ring (bicyclic) bond motifs is 3. The van der Waals surface area contributed by atoms with Gasteiger partial charge in [-0.05, 0) is 62.5 Å². The van der Waals surface area contributed by atoms with E-state index < -0.39 is 0 Å². The molecule has 0 saturated carbocycles. The highest BCUT2D eigenvalue weighted by molar-refractivity contribution is 5.94. The summed E-state index contributed by atoms with van der Waals surface area (Å²) in [5.41, 5.74) is 1.20. The van der Waals surface area contributed by atoms with Gasteiger partial charge in [0.15, 0.2) is 0 Å². The molecule has 4 nitrogen and oxygen atoms in total. The van der Waals surface area contributed by atoms with Crippen LogP contribution in [0.3, 0.4) is 0 Å². The highest BCUT2D eigenvalue weighted by Crippen LogP contribution is 2.32. The van der Waals surface area contributed by atoms with Crippen LogP contribution in [0, 0.1) is 5.92 Å². The molecule has 4 heteroatoms. The maximum absolute atomic E-state index is 12.7. The Morgan fingerprint density at radius 1 is 1.16 bits per heavy atom. The third-order valence-corrected chi connectivity index (χ3v) is 5.48. The summed E-state index contributed by atoms with van der Waals surface area (Å²) in [5, 5.41) is 10.2. The van der Waals surface area contributed by atoms with Gasteiger partial charge in [-0.2, -0.15) is 0 Å². The van der Waals surface area contributed by atoms with Gasteiger partial charge in [0.2, 0.25) is 0 Å². The number of aromatic hydroxyl groups is 1. The van der Waals surface area contributed by atoms with Crippen LogP contribution in [0.4, 0.5) is 0 Å². The second-order valence-corrected chi connectivity index (χ2v) is 7.70. The first-order chi connectivity index (χ1) is 12.1. The predicted molar refractivity (Wildman–Crippen MR) is 96.8 cm³/mol. The lowest BCUT2D eigenvalue weighted by Crippen LogP contribution is -2.34. The highest BCUT2D eigenvalue weighted by atomic mass is 16.5. The quantitative estimate of drug-likeness (QED) is 0.793. The van der Waals surface area contributed by atoms with Crippen molar-refractivity contribution in [2.24, 2.45) is 5.92 Å². The molecule has 3 unspecified atom stereocenters. The van der Waals surface area contributed by atoms with E-state index >= 15 is 0 Å². The summed E-state index contributed by atoms with van der Waals surface area (Å²) in [6, 6.07) is 5.28. The van der Waals surface area contributed by atoms with E-state index in [1.807, 2.05) is 6.07 Å². The number of ether oxygens (including phenoxy) is 2. The lowest BCUT2D eigenvalue weighted by atomic mass is 9.88.